The first kappa shape index (κ1) is 6.27. The number of nitrogens with zero attached hydrogens (tertiary/aromatic N) is 1. The van der Waals surface area contributed by atoms with E-state index < -0.39 is 0 Å². The number of thiocarbonyl (C=S) groups is 1. The Labute approximate surface area is 46.5 Å². The monoisotopic (exact) mass is 116 g/mol. The summed E-state index contributed by atoms with van der Waals surface area (Å²) >= 11 is 4.38. The van der Waals surface area contributed by atoms with Gasteiger partial charge in [0.25, 0.3) is 5.17 Å². The molecule has 0 spiro atoms. The molecule has 0 aromatic heterocycles. The van der Waals surface area contributed by atoms with Crippen LogP contribution in [0, 0.1) is 5.41 Å². The van der Waals surface area contributed by atoms with Gasteiger partial charge in [-0.2, -0.15) is 0 Å². The Balaban J connectivity index is 3.58. The van der Waals surface area contributed by atoms with Crippen LogP contribution >= 0.6 is 12.2 Å². The number of nitrogens with one attached hydrogen (secondary N) is 1. The van der Waals surface area contributed by atoms with Crippen LogP contribution in [0.1, 0.15) is 0 Å². The van der Waals surface area contributed by atoms with Crippen LogP contribution in [0.25, 0.3) is 0 Å². The summed E-state index contributed by atoms with van der Waals surface area (Å²) in [6.45, 7) is 0. The molecule has 0 aliphatic carbocycles. The van der Waals surface area contributed by atoms with Gasteiger partial charge in [-0.25, -0.2) is 5.41 Å². The molecular formula is C3H4N2OS. The maximum atomic E-state index is 6.25. The average molecular weight is 116 g/mol. The lowest BCUT2D eigenvalue weighted by Gasteiger charge is -1.85. The molecule has 3 nitrogen and oxygen atoms in total. The van der Waals surface area contributed by atoms with E-state index in [-0.39, 0.29) is 5.17 Å². The Morgan fingerprint density at radius 2 is 2.57 bits per heavy atom. The molecule has 38 valence electrons. The molecule has 0 aliphatic heterocycles. The number of methoxy groups -OCH3 is 1. The summed E-state index contributed by atoms with van der Waals surface area (Å²) in [6.07, 6.45) is 0. The maximum Gasteiger partial charge on any atom is 0.292 e. The highest BCUT2D eigenvalue weighted by molar-refractivity contribution is 7.80. The molecular weight excluding hydrogens is 112 g/mol. The van der Waals surface area contributed by atoms with E-state index in [1.165, 1.54) is 7.11 Å². The summed E-state index contributed by atoms with van der Waals surface area (Å²) in [6, 6.07) is 1.73. The van der Waals surface area contributed by atoms with E-state index in [1.807, 2.05) is 0 Å². The quantitative estimate of drug-likeness (QED) is 0.373. The molecule has 0 aromatic carbocycles. The van der Waals surface area contributed by atoms with Gasteiger partial charge in [0.1, 0.15) is 0 Å². The fourth-order valence-electron chi connectivity index (χ4n) is 0.0913. The van der Waals surface area contributed by atoms with Gasteiger partial charge in [-0.1, -0.05) is 0 Å². The van der Waals surface area contributed by atoms with Crippen LogP contribution in [0.5, 0.6) is 0 Å². The zero-order valence-electron chi connectivity index (χ0n) is 3.76. The summed E-state index contributed by atoms with van der Waals surface area (Å²) in [5, 5.41) is 6.29. The van der Waals surface area contributed by atoms with Crippen LogP contribution < -0.4 is 0 Å². The maximum absolute atomic E-state index is 6.25. The molecule has 0 fully saturated rings. The molecule has 0 aliphatic rings. The van der Waals surface area contributed by atoms with Gasteiger partial charge in [-0.15, -0.1) is 4.99 Å². The number of hydrogen-bond donors (Lipinski definition) is 1. The van der Waals surface area contributed by atoms with Gasteiger partial charge in [-0.05, 0) is 12.2 Å². The minimum absolute atomic E-state index is 0.0370. The van der Waals surface area contributed by atoms with Crippen molar-refractivity contribution in [2.24, 2.45) is 4.99 Å². The third-order valence-electron chi connectivity index (χ3n) is 0.322. The Morgan fingerprint density at radius 3 is 2.71 bits per heavy atom. The molecule has 0 amide bonds. The molecule has 0 rings (SSSR count). The summed E-state index contributed by atoms with van der Waals surface area (Å²) in [4.78, 5) is 3.17. The molecule has 0 bridgehead atoms. The van der Waals surface area contributed by atoms with Gasteiger partial charge in [-0.3, -0.25) is 0 Å². The van der Waals surface area contributed by atoms with Gasteiger partial charge >= 0.3 is 0 Å². The van der Waals surface area contributed by atoms with Crippen molar-refractivity contribution < 1.29 is 4.74 Å². The SMILES string of the molecule is COC(=S)N=C=N. The second-order valence-corrected chi connectivity index (χ2v) is 1.04. The summed E-state index contributed by atoms with van der Waals surface area (Å²) in [7, 11) is 1.39. The number of hydrogen-bond acceptors (Lipinski definition) is 3. The molecule has 0 saturated heterocycles. The Hall–Kier alpha value is -0.730. The minimum atomic E-state index is 0.0370. The van der Waals surface area contributed by atoms with E-state index in [1.54, 1.807) is 6.01 Å². The summed E-state index contributed by atoms with van der Waals surface area (Å²) in [5.41, 5.74) is 0. The van der Waals surface area contributed by atoms with E-state index in [9.17, 15) is 0 Å². The first-order valence-electron chi connectivity index (χ1n) is 1.51. The van der Waals surface area contributed by atoms with Crippen LogP contribution in [-0.2, 0) is 4.74 Å². The standard InChI is InChI=1S/C3H4N2OS/c1-6-3(7)5-2-4/h4H,1H3. The number of ether oxygens (including phenoxy) is 1. The van der Waals surface area contributed by atoms with Gasteiger partial charge in [0.05, 0.1) is 13.1 Å². The second kappa shape index (κ2) is 3.46. The van der Waals surface area contributed by atoms with Crippen LogP contribution in [0.3, 0.4) is 0 Å². The van der Waals surface area contributed by atoms with Crippen molar-refractivity contribution in [3.8, 4) is 0 Å². The molecule has 0 heterocycles. The van der Waals surface area contributed by atoms with E-state index in [0.29, 0.717) is 0 Å². The van der Waals surface area contributed by atoms with Crippen molar-refractivity contribution in [3.63, 3.8) is 0 Å². The molecule has 1 N–H and O–H groups in total. The molecule has 0 atom stereocenters. The highest BCUT2D eigenvalue weighted by atomic mass is 32.1. The minimum Gasteiger partial charge on any atom is -0.472 e. The van der Waals surface area contributed by atoms with Gasteiger partial charge in [0, 0.05) is 0 Å². The third-order valence-corrected chi connectivity index (χ3v) is 0.580. The molecule has 0 radical (unpaired) electrons. The highest BCUT2D eigenvalue weighted by Crippen LogP contribution is 1.74. The zero-order chi connectivity index (χ0) is 5.70. The largest absolute Gasteiger partial charge is 0.472 e. The van der Waals surface area contributed by atoms with Crippen LogP contribution in [-0.4, -0.2) is 18.3 Å². The van der Waals surface area contributed by atoms with Gasteiger partial charge < -0.3 is 4.74 Å². The lowest BCUT2D eigenvalue weighted by molar-refractivity contribution is 0.409. The van der Waals surface area contributed by atoms with Crippen LogP contribution in [0.2, 0.25) is 0 Å². The summed E-state index contributed by atoms with van der Waals surface area (Å²) in [5.74, 6) is 0. The van der Waals surface area contributed by atoms with Crippen molar-refractivity contribution in [3.05, 3.63) is 0 Å². The Bertz CT molecular complexity index is 116. The number of aliphatic imine (C=N–C) groups is 1. The first-order valence-corrected chi connectivity index (χ1v) is 1.92. The third kappa shape index (κ3) is 3.09. The van der Waals surface area contributed by atoms with E-state index in [0.717, 1.165) is 0 Å². The van der Waals surface area contributed by atoms with Crippen molar-refractivity contribution in [2.45, 2.75) is 0 Å². The highest BCUT2D eigenvalue weighted by Gasteiger charge is 1.80. The van der Waals surface area contributed by atoms with Crippen molar-refractivity contribution in [1.82, 2.24) is 0 Å². The summed E-state index contributed by atoms with van der Waals surface area (Å²) < 4.78 is 4.37. The normalized spacial score (nSPS) is 6.43. The number of rotatable bonds is 0. The fourth-order valence-corrected chi connectivity index (χ4v) is 0.137. The van der Waals surface area contributed by atoms with Crippen LogP contribution in [0.4, 0.5) is 0 Å². The molecule has 7 heavy (non-hydrogen) atoms. The van der Waals surface area contributed by atoms with Crippen molar-refractivity contribution >= 4 is 23.4 Å². The van der Waals surface area contributed by atoms with Crippen molar-refractivity contribution in [2.75, 3.05) is 7.11 Å². The predicted octanol–water partition coefficient (Wildman–Crippen LogP) is 0.670. The van der Waals surface area contributed by atoms with E-state index in [4.69, 9.17) is 5.41 Å². The first-order chi connectivity index (χ1) is 3.31. The molecule has 0 saturated carbocycles. The van der Waals surface area contributed by atoms with Crippen molar-refractivity contribution in [1.29, 1.82) is 5.41 Å². The molecule has 0 aromatic rings. The van der Waals surface area contributed by atoms with Crippen LogP contribution in [0.15, 0.2) is 4.99 Å². The second-order valence-electron chi connectivity index (χ2n) is 0.694. The fraction of sp³-hybridized carbons (Fsp3) is 0.333. The molecule has 4 heteroatoms. The molecule has 0 unspecified atom stereocenters. The lowest BCUT2D eigenvalue weighted by atomic mass is 11.2. The zero-order valence-corrected chi connectivity index (χ0v) is 4.58. The van der Waals surface area contributed by atoms with E-state index in [2.05, 4.69) is 21.9 Å². The average Bonchev–Trinajstić information content (AvgIpc) is 1.68. The van der Waals surface area contributed by atoms with Gasteiger partial charge in [0.15, 0.2) is 0 Å². The Morgan fingerprint density at radius 1 is 2.00 bits per heavy atom. The predicted molar refractivity (Wildman–Crippen MR) is 29.8 cm³/mol. The topological polar surface area (TPSA) is 45.4 Å². The van der Waals surface area contributed by atoms with E-state index >= 15 is 0 Å². The Kier molecular flexibility index (Phi) is 3.10. The lowest BCUT2D eigenvalue weighted by Crippen LogP contribution is -1.88. The smallest absolute Gasteiger partial charge is 0.292 e. The van der Waals surface area contributed by atoms with Gasteiger partial charge in [0.2, 0.25) is 0 Å².